The van der Waals surface area contributed by atoms with Gasteiger partial charge in [0.2, 0.25) is 5.91 Å². The van der Waals surface area contributed by atoms with E-state index in [4.69, 9.17) is 0 Å². The number of para-hydroxylation sites is 1. The van der Waals surface area contributed by atoms with Crippen LogP contribution in [0.3, 0.4) is 0 Å². The lowest BCUT2D eigenvalue weighted by Gasteiger charge is -2.12. The van der Waals surface area contributed by atoms with Crippen LogP contribution in [0.25, 0.3) is 10.6 Å². The molecule has 0 fully saturated rings. The number of aryl methyl sites for hydroxylation is 1. The second-order valence-corrected chi connectivity index (χ2v) is 9.49. The summed E-state index contributed by atoms with van der Waals surface area (Å²) in [7, 11) is -3.68. The highest BCUT2D eigenvalue weighted by Crippen LogP contribution is 2.25. The van der Waals surface area contributed by atoms with Crippen LogP contribution >= 0.6 is 11.3 Å². The highest BCUT2D eigenvalue weighted by molar-refractivity contribution is 7.92. The van der Waals surface area contributed by atoms with Crippen LogP contribution in [0, 0.1) is 6.92 Å². The summed E-state index contributed by atoms with van der Waals surface area (Å²) in [4.78, 5) is 16.7. The third-order valence-corrected chi connectivity index (χ3v) is 7.08. The minimum absolute atomic E-state index is 0.265. The molecule has 0 bridgehead atoms. The van der Waals surface area contributed by atoms with Gasteiger partial charge in [0.1, 0.15) is 10.3 Å². The van der Waals surface area contributed by atoms with Crippen molar-refractivity contribution >= 4 is 32.8 Å². The van der Waals surface area contributed by atoms with E-state index in [-0.39, 0.29) is 5.75 Å². The number of nitrogens with one attached hydrogen (secondary N) is 1. The predicted molar refractivity (Wildman–Crippen MR) is 109 cm³/mol. The van der Waals surface area contributed by atoms with Crippen LogP contribution in [-0.4, -0.2) is 24.6 Å². The van der Waals surface area contributed by atoms with Crippen LogP contribution < -0.4 is 5.32 Å². The number of hydrogen-bond acceptors (Lipinski definition) is 5. The van der Waals surface area contributed by atoms with E-state index < -0.39 is 21.0 Å². The Morgan fingerprint density at radius 1 is 1.11 bits per heavy atom. The Morgan fingerprint density at radius 3 is 2.44 bits per heavy atom. The molecular weight excluding hydrogens is 380 g/mol. The number of thiazole rings is 1. The molecule has 0 aliphatic carbocycles. The van der Waals surface area contributed by atoms with Gasteiger partial charge in [0.25, 0.3) is 0 Å². The molecule has 0 aliphatic rings. The Labute approximate surface area is 163 Å². The van der Waals surface area contributed by atoms with Crippen molar-refractivity contribution < 1.29 is 13.2 Å². The van der Waals surface area contributed by atoms with Crippen molar-refractivity contribution in [3.63, 3.8) is 0 Å². The maximum Gasteiger partial charge on any atom is 0.242 e. The number of benzene rings is 2. The summed E-state index contributed by atoms with van der Waals surface area (Å²) in [5.74, 6) is -0.811. The van der Waals surface area contributed by atoms with Crippen molar-refractivity contribution in [2.45, 2.75) is 24.9 Å². The van der Waals surface area contributed by atoms with Gasteiger partial charge in [0.15, 0.2) is 9.84 Å². The smallest absolute Gasteiger partial charge is 0.242 e. The lowest BCUT2D eigenvalue weighted by molar-refractivity contribution is -0.115. The third-order valence-electron chi connectivity index (χ3n) is 4.15. The van der Waals surface area contributed by atoms with Gasteiger partial charge in [-0.25, -0.2) is 13.4 Å². The first-order valence-corrected chi connectivity index (χ1v) is 11.0. The van der Waals surface area contributed by atoms with E-state index in [0.29, 0.717) is 11.4 Å². The van der Waals surface area contributed by atoms with Gasteiger partial charge in [-0.15, -0.1) is 11.3 Å². The lowest BCUT2D eigenvalue weighted by atomic mass is 10.2. The molecule has 0 spiro atoms. The molecule has 0 saturated heterocycles. The molecule has 2 aromatic carbocycles. The topological polar surface area (TPSA) is 76.1 Å². The summed E-state index contributed by atoms with van der Waals surface area (Å²) in [6, 6.07) is 16.7. The summed E-state index contributed by atoms with van der Waals surface area (Å²) in [6.07, 6.45) is 0. The van der Waals surface area contributed by atoms with Crippen LogP contribution in [-0.2, 0) is 20.4 Å². The molecule has 0 unspecified atom stereocenters. The number of sulfone groups is 1. The van der Waals surface area contributed by atoms with Gasteiger partial charge in [0.05, 0.1) is 11.4 Å². The molecule has 0 aliphatic heterocycles. The van der Waals surface area contributed by atoms with Crippen LogP contribution in [0.5, 0.6) is 0 Å². The molecule has 1 atom stereocenters. The quantitative estimate of drug-likeness (QED) is 0.677. The van der Waals surface area contributed by atoms with E-state index in [1.807, 2.05) is 37.3 Å². The highest BCUT2D eigenvalue weighted by Gasteiger charge is 2.29. The molecular formula is C20H20N2O3S2. The monoisotopic (exact) mass is 400 g/mol. The fraction of sp³-hybridized carbons (Fsp3) is 0.200. The van der Waals surface area contributed by atoms with Crippen molar-refractivity contribution in [1.29, 1.82) is 0 Å². The minimum Gasteiger partial charge on any atom is -0.325 e. The molecule has 1 heterocycles. The normalized spacial score (nSPS) is 12.5. The Bertz CT molecular complexity index is 1030. The number of hydrogen-bond donors (Lipinski definition) is 1. The van der Waals surface area contributed by atoms with Gasteiger partial charge < -0.3 is 5.32 Å². The first-order valence-electron chi connectivity index (χ1n) is 8.44. The standard InChI is InChI=1S/C20H20N2O3S2/c1-14-8-10-16(11-9-14)20-22-18(12-26-20)13-27(24,25)15(2)19(23)21-17-6-4-3-5-7-17/h3-12,15H,13H2,1-2H3,(H,21,23)/t15-/m1/s1. The number of anilines is 1. The minimum atomic E-state index is -3.68. The van der Waals surface area contributed by atoms with E-state index in [1.54, 1.807) is 29.6 Å². The fourth-order valence-corrected chi connectivity index (χ4v) is 4.59. The molecule has 140 valence electrons. The predicted octanol–water partition coefficient (Wildman–Crippen LogP) is 4.06. The van der Waals surface area contributed by atoms with E-state index >= 15 is 0 Å². The average molecular weight is 401 g/mol. The molecule has 3 aromatic rings. The third kappa shape index (κ3) is 4.81. The molecule has 0 radical (unpaired) electrons. The maximum atomic E-state index is 12.6. The number of carbonyl (C=O) groups excluding carboxylic acids is 1. The van der Waals surface area contributed by atoms with Crippen molar-refractivity contribution in [3.05, 3.63) is 71.2 Å². The molecule has 27 heavy (non-hydrogen) atoms. The number of amides is 1. The molecule has 3 rings (SSSR count). The van der Waals surface area contributed by atoms with Crippen LogP contribution in [0.2, 0.25) is 0 Å². The van der Waals surface area contributed by atoms with Gasteiger partial charge in [-0.05, 0) is 26.0 Å². The van der Waals surface area contributed by atoms with Gasteiger partial charge in [0, 0.05) is 16.6 Å². The van der Waals surface area contributed by atoms with E-state index in [2.05, 4.69) is 10.3 Å². The van der Waals surface area contributed by atoms with Crippen LogP contribution in [0.1, 0.15) is 18.2 Å². The van der Waals surface area contributed by atoms with Gasteiger partial charge in [-0.3, -0.25) is 4.79 Å². The fourth-order valence-electron chi connectivity index (χ4n) is 2.46. The van der Waals surface area contributed by atoms with Crippen molar-refractivity contribution in [3.8, 4) is 10.6 Å². The zero-order valence-electron chi connectivity index (χ0n) is 15.0. The molecule has 0 saturated carbocycles. The summed E-state index contributed by atoms with van der Waals surface area (Å²) in [6.45, 7) is 3.41. The lowest BCUT2D eigenvalue weighted by Crippen LogP contribution is -2.33. The van der Waals surface area contributed by atoms with E-state index in [0.717, 1.165) is 16.1 Å². The largest absolute Gasteiger partial charge is 0.325 e. The Morgan fingerprint density at radius 2 is 1.78 bits per heavy atom. The Balaban J connectivity index is 1.70. The van der Waals surface area contributed by atoms with E-state index in [1.165, 1.54) is 18.3 Å². The van der Waals surface area contributed by atoms with Gasteiger partial charge >= 0.3 is 0 Å². The van der Waals surface area contributed by atoms with Crippen LogP contribution in [0.15, 0.2) is 60.0 Å². The zero-order valence-corrected chi connectivity index (χ0v) is 16.7. The Hall–Kier alpha value is -2.51. The molecule has 1 amide bonds. The van der Waals surface area contributed by atoms with Gasteiger partial charge in [-0.1, -0.05) is 48.0 Å². The van der Waals surface area contributed by atoms with E-state index in [9.17, 15) is 13.2 Å². The second kappa shape index (κ2) is 8.02. The molecule has 7 heteroatoms. The number of aromatic nitrogens is 1. The Kier molecular flexibility index (Phi) is 5.72. The number of rotatable bonds is 6. The first kappa shape index (κ1) is 19.3. The summed E-state index contributed by atoms with van der Waals surface area (Å²) in [5.41, 5.74) is 3.12. The van der Waals surface area contributed by atoms with Gasteiger partial charge in [-0.2, -0.15) is 0 Å². The summed E-state index contributed by atoms with van der Waals surface area (Å²) >= 11 is 1.40. The van der Waals surface area contributed by atoms with Crippen molar-refractivity contribution in [2.75, 3.05) is 5.32 Å². The molecule has 1 aromatic heterocycles. The number of nitrogens with zero attached hydrogens (tertiary/aromatic N) is 1. The highest BCUT2D eigenvalue weighted by atomic mass is 32.2. The van der Waals surface area contributed by atoms with Crippen LogP contribution in [0.4, 0.5) is 5.69 Å². The number of carbonyl (C=O) groups is 1. The first-order chi connectivity index (χ1) is 12.8. The summed E-state index contributed by atoms with van der Waals surface area (Å²) in [5, 5.41) is 3.97. The average Bonchev–Trinajstić information content (AvgIpc) is 3.10. The zero-order chi connectivity index (χ0) is 19.4. The van der Waals surface area contributed by atoms with Crippen molar-refractivity contribution in [1.82, 2.24) is 4.98 Å². The second-order valence-electron chi connectivity index (χ2n) is 6.31. The molecule has 5 nitrogen and oxygen atoms in total. The summed E-state index contributed by atoms with van der Waals surface area (Å²) < 4.78 is 25.3. The maximum absolute atomic E-state index is 12.6. The SMILES string of the molecule is Cc1ccc(-c2nc(CS(=O)(=O)[C@H](C)C(=O)Nc3ccccc3)cs2)cc1. The molecule has 1 N–H and O–H groups in total. The van der Waals surface area contributed by atoms with Crippen molar-refractivity contribution in [2.24, 2.45) is 0 Å².